The third-order valence-electron chi connectivity index (χ3n) is 6.63. The van der Waals surface area contributed by atoms with Crippen LogP contribution in [0.3, 0.4) is 0 Å². The van der Waals surface area contributed by atoms with E-state index in [1.54, 1.807) is 24.7 Å². The number of nitrogens with zero attached hydrogens (tertiary/aromatic N) is 4. The predicted octanol–water partition coefficient (Wildman–Crippen LogP) is 6.26. The number of halogens is 1. The van der Waals surface area contributed by atoms with E-state index in [0.717, 1.165) is 73.4 Å². The van der Waals surface area contributed by atoms with Crippen LogP contribution in [0.2, 0.25) is 0 Å². The minimum Gasteiger partial charge on any atom is -0.384 e. The number of hydrogen-bond donors (Lipinski definition) is 3. The molecule has 0 saturated heterocycles. The third kappa shape index (κ3) is 5.31. The van der Waals surface area contributed by atoms with Crippen molar-refractivity contribution < 1.29 is 4.39 Å². The van der Waals surface area contributed by atoms with E-state index in [1.165, 1.54) is 12.1 Å². The Morgan fingerprint density at radius 2 is 1.95 bits per heavy atom. The molecule has 0 aliphatic carbocycles. The Morgan fingerprint density at radius 3 is 2.72 bits per heavy atom. The van der Waals surface area contributed by atoms with Crippen LogP contribution in [0, 0.1) is 18.2 Å². The SMILES string of the molecule is C#C/C=C(C)\C(=C/C)c1cc2c(-c3cc4c(-c5cc(F)cc(NCCN(C)C)c5)cncc4[nH]3)n[nH]c2cn1. The van der Waals surface area contributed by atoms with Crippen molar-refractivity contribution >= 4 is 33.1 Å². The highest BCUT2D eigenvalue weighted by Crippen LogP contribution is 2.35. The Labute approximate surface area is 226 Å². The topological polar surface area (TPSA) is 85.5 Å². The maximum absolute atomic E-state index is 14.6. The van der Waals surface area contributed by atoms with Crippen LogP contribution in [0.4, 0.5) is 10.1 Å². The number of fused-ring (bicyclic) bond motifs is 2. The van der Waals surface area contributed by atoms with Crippen molar-refractivity contribution in [3.05, 3.63) is 78.2 Å². The van der Waals surface area contributed by atoms with Crippen molar-refractivity contribution in [1.82, 2.24) is 30.0 Å². The van der Waals surface area contributed by atoms with Gasteiger partial charge in [0.2, 0.25) is 0 Å². The van der Waals surface area contributed by atoms with Gasteiger partial charge in [0.25, 0.3) is 0 Å². The van der Waals surface area contributed by atoms with Crippen molar-refractivity contribution in [1.29, 1.82) is 0 Å². The summed E-state index contributed by atoms with van der Waals surface area (Å²) >= 11 is 0. The van der Waals surface area contributed by atoms with E-state index in [9.17, 15) is 4.39 Å². The average Bonchev–Trinajstić information content (AvgIpc) is 3.52. The molecule has 5 rings (SSSR count). The van der Waals surface area contributed by atoms with Crippen molar-refractivity contribution in [2.45, 2.75) is 13.8 Å². The zero-order valence-electron chi connectivity index (χ0n) is 22.4. The van der Waals surface area contributed by atoms with Crippen molar-refractivity contribution in [2.75, 3.05) is 32.5 Å². The first-order chi connectivity index (χ1) is 18.9. The largest absolute Gasteiger partial charge is 0.384 e. The zero-order chi connectivity index (χ0) is 27.5. The molecule has 0 atom stereocenters. The molecule has 0 fully saturated rings. The molecule has 4 aromatic heterocycles. The lowest BCUT2D eigenvalue weighted by Gasteiger charge is -2.13. The smallest absolute Gasteiger partial charge is 0.125 e. The van der Waals surface area contributed by atoms with E-state index < -0.39 is 0 Å². The second kappa shape index (κ2) is 10.9. The predicted molar refractivity (Wildman–Crippen MR) is 158 cm³/mol. The van der Waals surface area contributed by atoms with Gasteiger partial charge in [-0.2, -0.15) is 5.10 Å². The number of allylic oxidation sites excluding steroid dienone is 4. The van der Waals surface area contributed by atoms with E-state index in [2.05, 4.69) is 41.3 Å². The summed E-state index contributed by atoms with van der Waals surface area (Å²) in [7, 11) is 4.01. The van der Waals surface area contributed by atoms with Crippen LogP contribution < -0.4 is 5.32 Å². The summed E-state index contributed by atoms with van der Waals surface area (Å²) in [6.07, 6.45) is 14.5. The summed E-state index contributed by atoms with van der Waals surface area (Å²) < 4.78 is 14.6. The summed E-state index contributed by atoms with van der Waals surface area (Å²) in [6.45, 7) is 5.49. The third-order valence-corrected chi connectivity index (χ3v) is 6.63. The molecule has 3 N–H and O–H groups in total. The molecular formula is C31H30FN7. The number of nitrogens with one attached hydrogen (secondary N) is 3. The lowest BCUT2D eigenvalue weighted by molar-refractivity contribution is 0.425. The number of benzene rings is 1. The van der Waals surface area contributed by atoms with Crippen LogP contribution in [0.25, 0.3) is 49.9 Å². The summed E-state index contributed by atoms with van der Waals surface area (Å²) in [6, 6.07) is 9.05. The first kappa shape index (κ1) is 25.9. The van der Waals surface area contributed by atoms with E-state index in [-0.39, 0.29) is 5.82 Å². The Balaban J connectivity index is 1.56. The van der Waals surface area contributed by atoms with Crippen molar-refractivity contribution in [3.63, 3.8) is 0 Å². The second-order valence-electron chi connectivity index (χ2n) is 9.67. The first-order valence-electron chi connectivity index (χ1n) is 12.7. The molecule has 8 heteroatoms. The summed E-state index contributed by atoms with van der Waals surface area (Å²) in [5.74, 6) is 2.28. The molecule has 0 radical (unpaired) electrons. The lowest BCUT2D eigenvalue weighted by Crippen LogP contribution is -2.20. The van der Waals surface area contributed by atoms with Crippen molar-refractivity contribution in [2.24, 2.45) is 0 Å². The molecule has 0 bridgehead atoms. The number of terminal acetylenes is 1. The Morgan fingerprint density at radius 1 is 1.10 bits per heavy atom. The maximum atomic E-state index is 14.6. The minimum absolute atomic E-state index is 0.306. The summed E-state index contributed by atoms with van der Waals surface area (Å²) in [4.78, 5) is 14.6. The maximum Gasteiger partial charge on any atom is 0.125 e. The van der Waals surface area contributed by atoms with Crippen LogP contribution in [-0.4, -0.2) is 57.2 Å². The highest BCUT2D eigenvalue weighted by Gasteiger charge is 2.16. The molecule has 4 heterocycles. The van der Waals surface area contributed by atoms with Crippen LogP contribution in [0.5, 0.6) is 0 Å². The molecule has 7 nitrogen and oxygen atoms in total. The molecule has 0 spiro atoms. The van der Waals surface area contributed by atoms with Crippen LogP contribution >= 0.6 is 0 Å². The minimum atomic E-state index is -0.306. The molecule has 0 saturated carbocycles. The molecule has 39 heavy (non-hydrogen) atoms. The van der Waals surface area contributed by atoms with Gasteiger partial charge in [0.15, 0.2) is 0 Å². The highest BCUT2D eigenvalue weighted by atomic mass is 19.1. The number of aromatic nitrogens is 5. The van der Waals surface area contributed by atoms with Gasteiger partial charge < -0.3 is 15.2 Å². The number of likely N-dealkylation sites (N-methyl/N-ethyl adjacent to an activating group) is 1. The number of H-pyrrole nitrogens is 2. The van der Waals surface area contributed by atoms with Crippen LogP contribution in [-0.2, 0) is 0 Å². The van der Waals surface area contributed by atoms with Gasteiger partial charge in [-0.3, -0.25) is 15.1 Å². The van der Waals surface area contributed by atoms with Crippen LogP contribution in [0.1, 0.15) is 19.5 Å². The molecule has 5 aromatic rings. The number of hydrogen-bond acceptors (Lipinski definition) is 5. The van der Waals surface area contributed by atoms with E-state index in [1.807, 2.05) is 52.2 Å². The van der Waals surface area contributed by atoms with E-state index in [4.69, 9.17) is 6.42 Å². The molecule has 0 aliphatic rings. The van der Waals surface area contributed by atoms with E-state index >= 15 is 0 Å². The second-order valence-corrected chi connectivity index (χ2v) is 9.67. The van der Waals surface area contributed by atoms with Crippen molar-refractivity contribution in [3.8, 4) is 34.9 Å². The number of aromatic amines is 2. The number of pyridine rings is 2. The fourth-order valence-corrected chi connectivity index (χ4v) is 4.73. The van der Waals surface area contributed by atoms with Crippen LogP contribution in [0.15, 0.2) is 66.6 Å². The zero-order valence-corrected chi connectivity index (χ0v) is 22.4. The van der Waals surface area contributed by atoms with Gasteiger partial charge in [0.05, 0.1) is 34.8 Å². The summed E-state index contributed by atoms with van der Waals surface area (Å²) in [5, 5.41) is 12.8. The Hall–Kier alpha value is -4.74. The van der Waals surface area contributed by atoms with Gasteiger partial charge >= 0.3 is 0 Å². The molecule has 0 unspecified atom stereocenters. The summed E-state index contributed by atoms with van der Waals surface area (Å²) in [5.41, 5.74) is 8.28. The molecular weight excluding hydrogens is 489 g/mol. The lowest BCUT2D eigenvalue weighted by atomic mass is 10.0. The number of anilines is 1. The molecule has 0 aliphatic heterocycles. The highest BCUT2D eigenvalue weighted by molar-refractivity contribution is 6.01. The van der Waals surface area contributed by atoms with Gasteiger partial charge in [-0.15, -0.1) is 6.42 Å². The first-order valence-corrected chi connectivity index (χ1v) is 12.7. The normalized spacial score (nSPS) is 12.4. The quantitative estimate of drug-likeness (QED) is 0.166. The fourth-order valence-electron chi connectivity index (χ4n) is 4.73. The molecule has 0 amide bonds. The van der Waals surface area contributed by atoms with E-state index in [0.29, 0.717) is 6.54 Å². The standard InChI is InChI=1S/C31H30FN7/c1-6-8-19(3)23(7-2)27-15-25-30(18-35-27)37-38-31(25)28-14-24-26(16-33-17-29(24)36-28)20-11-21(32)13-22(12-20)34-9-10-39(4)5/h1,7-8,11-18,34,36H,9-10H2,2-5H3,(H,37,38)/b19-8-,23-7+. The van der Waals surface area contributed by atoms with Gasteiger partial charge in [0, 0.05) is 41.3 Å². The Kier molecular flexibility index (Phi) is 7.26. The van der Waals surface area contributed by atoms with Gasteiger partial charge in [-0.05, 0) is 81.1 Å². The number of rotatable bonds is 8. The fraction of sp³-hybridized carbons (Fsp3) is 0.194. The van der Waals surface area contributed by atoms with Gasteiger partial charge in [0.1, 0.15) is 11.5 Å². The average molecular weight is 520 g/mol. The molecule has 196 valence electrons. The van der Waals surface area contributed by atoms with Gasteiger partial charge in [-0.25, -0.2) is 4.39 Å². The monoisotopic (exact) mass is 519 g/mol. The Bertz CT molecular complexity index is 1770. The van der Waals surface area contributed by atoms with Gasteiger partial charge in [-0.1, -0.05) is 12.0 Å². The molecule has 1 aromatic carbocycles.